The summed E-state index contributed by atoms with van der Waals surface area (Å²) in [5, 5.41) is 9.46. The molecule has 1 unspecified atom stereocenters. The summed E-state index contributed by atoms with van der Waals surface area (Å²) in [6.07, 6.45) is 4.67. The number of methoxy groups -OCH3 is 1. The molecule has 3 aromatic rings. The number of fused-ring (bicyclic) bond motifs is 1. The first-order valence-electron chi connectivity index (χ1n) is 9.25. The highest BCUT2D eigenvalue weighted by molar-refractivity contribution is 5.89. The minimum Gasteiger partial charge on any atom is -0.374 e. The topological polar surface area (TPSA) is 85.3 Å². The average Bonchev–Trinajstić information content (AvgIpc) is 3.23. The first-order chi connectivity index (χ1) is 13.2. The molecule has 0 saturated carbocycles. The lowest BCUT2D eigenvalue weighted by molar-refractivity contribution is 0.109. The van der Waals surface area contributed by atoms with Crippen molar-refractivity contribution in [3.05, 3.63) is 30.2 Å². The second-order valence-electron chi connectivity index (χ2n) is 6.88. The highest BCUT2D eigenvalue weighted by Gasteiger charge is 2.20. The van der Waals surface area contributed by atoms with Gasteiger partial charge in [-0.3, -0.25) is 9.58 Å². The normalized spacial score (nSPS) is 17.4. The van der Waals surface area contributed by atoms with Gasteiger partial charge in [0.15, 0.2) is 11.5 Å². The van der Waals surface area contributed by atoms with Crippen LogP contribution in [-0.4, -0.2) is 63.1 Å². The van der Waals surface area contributed by atoms with Gasteiger partial charge >= 0.3 is 0 Å². The van der Waals surface area contributed by atoms with E-state index in [-0.39, 0.29) is 6.10 Å². The van der Waals surface area contributed by atoms with Crippen molar-refractivity contribution in [1.29, 1.82) is 0 Å². The van der Waals surface area contributed by atoms with Crippen molar-refractivity contribution in [2.24, 2.45) is 7.05 Å². The van der Waals surface area contributed by atoms with E-state index in [4.69, 9.17) is 9.26 Å². The summed E-state index contributed by atoms with van der Waals surface area (Å²) < 4.78 is 12.4. The van der Waals surface area contributed by atoms with Crippen molar-refractivity contribution in [1.82, 2.24) is 29.8 Å². The Morgan fingerprint density at radius 1 is 1.26 bits per heavy atom. The molecule has 4 rings (SSSR count). The van der Waals surface area contributed by atoms with Crippen molar-refractivity contribution in [2.45, 2.75) is 26.0 Å². The molecular formula is C18H25N7O2. The zero-order chi connectivity index (χ0) is 18.8. The molecule has 0 radical (unpaired) electrons. The molecule has 1 fully saturated rings. The average molecular weight is 371 g/mol. The maximum atomic E-state index is 5.39. The van der Waals surface area contributed by atoms with Gasteiger partial charge in [0.2, 0.25) is 5.89 Å². The van der Waals surface area contributed by atoms with E-state index in [9.17, 15) is 0 Å². The number of hydrogen-bond donors (Lipinski definition) is 0. The van der Waals surface area contributed by atoms with Crippen molar-refractivity contribution in [3.8, 4) is 0 Å². The van der Waals surface area contributed by atoms with Gasteiger partial charge < -0.3 is 14.2 Å². The number of aryl methyl sites for hydroxylation is 1. The fraction of sp³-hybridized carbons (Fsp3) is 0.556. The van der Waals surface area contributed by atoms with Crippen LogP contribution >= 0.6 is 0 Å². The first kappa shape index (κ1) is 17.9. The third-order valence-corrected chi connectivity index (χ3v) is 5.10. The van der Waals surface area contributed by atoms with Gasteiger partial charge in [0, 0.05) is 46.5 Å². The van der Waals surface area contributed by atoms with E-state index in [1.165, 1.54) is 5.69 Å². The summed E-state index contributed by atoms with van der Waals surface area (Å²) in [7, 11) is 3.56. The largest absolute Gasteiger partial charge is 0.374 e. The summed E-state index contributed by atoms with van der Waals surface area (Å²) in [6, 6.07) is 2.08. The predicted molar refractivity (Wildman–Crippen MR) is 100 cm³/mol. The summed E-state index contributed by atoms with van der Waals surface area (Å²) >= 11 is 0. The predicted octanol–water partition coefficient (Wildman–Crippen LogP) is 1.77. The number of nitrogens with zero attached hydrogens (tertiary/aromatic N) is 7. The number of aromatic nitrogens is 5. The Labute approximate surface area is 157 Å². The number of ether oxygens (including phenoxy) is 1. The van der Waals surface area contributed by atoms with Crippen LogP contribution in [0.1, 0.15) is 31.2 Å². The Kier molecular flexibility index (Phi) is 5.04. The van der Waals surface area contributed by atoms with Gasteiger partial charge in [0.1, 0.15) is 6.10 Å². The van der Waals surface area contributed by atoms with Crippen LogP contribution in [0.2, 0.25) is 0 Å². The van der Waals surface area contributed by atoms with Crippen molar-refractivity contribution >= 4 is 16.7 Å². The van der Waals surface area contributed by atoms with Gasteiger partial charge in [0.25, 0.3) is 0 Å². The number of hydrogen-bond acceptors (Lipinski definition) is 8. The van der Waals surface area contributed by atoms with Crippen LogP contribution in [-0.2, 0) is 18.3 Å². The van der Waals surface area contributed by atoms with Crippen LogP contribution < -0.4 is 4.90 Å². The van der Waals surface area contributed by atoms with Crippen LogP contribution in [0.5, 0.6) is 0 Å². The van der Waals surface area contributed by atoms with Gasteiger partial charge in [-0.25, -0.2) is 4.98 Å². The third-order valence-electron chi connectivity index (χ3n) is 5.10. The maximum absolute atomic E-state index is 5.39. The summed E-state index contributed by atoms with van der Waals surface area (Å²) in [5.74, 6) is 1.24. The summed E-state index contributed by atoms with van der Waals surface area (Å²) in [6.45, 7) is 6.43. The maximum Gasteiger partial charge on any atom is 0.240 e. The molecule has 0 N–H and O–H groups in total. The lowest BCUT2D eigenvalue weighted by atomic mass is 10.2. The summed E-state index contributed by atoms with van der Waals surface area (Å²) in [4.78, 5) is 13.7. The van der Waals surface area contributed by atoms with E-state index in [1.807, 2.05) is 31.0 Å². The van der Waals surface area contributed by atoms with E-state index >= 15 is 0 Å². The van der Waals surface area contributed by atoms with Gasteiger partial charge in [-0.1, -0.05) is 5.16 Å². The van der Waals surface area contributed by atoms with E-state index < -0.39 is 0 Å². The standard InChI is InChI=1S/C18H25N7O2/c1-13(26-3)17-21-16(27-22-17)12-24-7-4-8-25(10-9-24)15-5-6-19-18-14(15)11-20-23(18)2/h5-6,11,13H,4,7-10,12H2,1-3H3. The molecule has 3 aromatic heterocycles. The third kappa shape index (κ3) is 3.65. The molecule has 0 bridgehead atoms. The molecule has 0 amide bonds. The van der Waals surface area contributed by atoms with Gasteiger partial charge in [-0.15, -0.1) is 0 Å². The lowest BCUT2D eigenvalue weighted by Crippen LogP contribution is -2.30. The zero-order valence-electron chi connectivity index (χ0n) is 16.0. The van der Waals surface area contributed by atoms with E-state index in [2.05, 4.69) is 36.1 Å². The van der Waals surface area contributed by atoms with Crippen LogP contribution in [0.25, 0.3) is 11.0 Å². The van der Waals surface area contributed by atoms with E-state index in [1.54, 1.807) is 7.11 Å². The van der Waals surface area contributed by atoms with Gasteiger partial charge in [-0.05, 0) is 19.4 Å². The Bertz CT molecular complexity index is 906. The van der Waals surface area contributed by atoms with Crippen LogP contribution in [0, 0.1) is 0 Å². The molecule has 9 nitrogen and oxygen atoms in total. The van der Waals surface area contributed by atoms with Crippen molar-refractivity contribution in [2.75, 3.05) is 38.2 Å². The number of rotatable bonds is 5. The SMILES string of the molecule is COC(C)c1noc(CN2CCCN(c3ccnc4c3cnn4C)CC2)n1. The molecule has 4 heterocycles. The molecule has 0 aromatic carbocycles. The lowest BCUT2D eigenvalue weighted by Gasteiger charge is -2.23. The molecule has 1 aliphatic rings. The van der Waals surface area contributed by atoms with Gasteiger partial charge in [-0.2, -0.15) is 10.1 Å². The minimum atomic E-state index is -0.157. The Hall–Kier alpha value is -2.52. The van der Waals surface area contributed by atoms with Crippen LogP contribution in [0.3, 0.4) is 0 Å². The molecule has 144 valence electrons. The Morgan fingerprint density at radius 2 is 2.15 bits per heavy atom. The molecule has 0 spiro atoms. The fourth-order valence-corrected chi connectivity index (χ4v) is 3.47. The van der Waals surface area contributed by atoms with Crippen molar-refractivity contribution in [3.63, 3.8) is 0 Å². The Morgan fingerprint density at radius 3 is 3.00 bits per heavy atom. The molecule has 1 aliphatic heterocycles. The van der Waals surface area contributed by atoms with Crippen LogP contribution in [0.4, 0.5) is 5.69 Å². The van der Waals surface area contributed by atoms with Crippen LogP contribution in [0.15, 0.2) is 23.0 Å². The highest BCUT2D eigenvalue weighted by Crippen LogP contribution is 2.26. The number of anilines is 1. The molecule has 1 saturated heterocycles. The fourth-order valence-electron chi connectivity index (χ4n) is 3.47. The van der Waals surface area contributed by atoms with E-state index in [0.29, 0.717) is 18.3 Å². The second-order valence-corrected chi connectivity index (χ2v) is 6.88. The molecule has 0 aliphatic carbocycles. The second kappa shape index (κ2) is 7.61. The number of pyridine rings is 1. The molecule has 9 heteroatoms. The molecule has 1 atom stereocenters. The quantitative estimate of drug-likeness (QED) is 0.671. The van der Waals surface area contributed by atoms with Gasteiger partial charge in [0.05, 0.1) is 23.8 Å². The molecule has 27 heavy (non-hydrogen) atoms. The minimum absolute atomic E-state index is 0.157. The molecular weight excluding hydrogens is 346 g/mol. The first-order valence-corrected chi connectivity index (χ1v) is 9.25. The van der Waals surface area contributed by atoms with E-state index in [0.717, 1.165) is 43.6 Å². The van der Waals surface area contributed by atoms with Crippen molar-refractivity contribution < 1.29 is 9.26 Å². The Balaban J connectivity index is 1.44. The summed E-state index contributed by atoms with van der Waals surface area (Å²) in [5.41, 5.74) is 2.11. The zero-order valence-corrected chi connectivity index (χ0v) is 16.0. The smallest absolute Gasteiger partial charge is 0.240 e. The monoisotopic (exact) mass is 371 g/mol. The highest BCUT2D eigenvalue weighted by atomic mass is 16.5.